The van der Waals surface area contributed by atoms with Crippen LogP contribution in [-0.4, -0.2) is 56.7 Å². The van der Waals surface area contributed by atoms with Crippen LogP contribution in [0.15, 0.2) is 29.1 Å². The minimum Gasteiger partial charge on any atom is -0.337 e. The Bertz CT molecular complexity index is 661. The lowest BCUT2D eigenvalue weighted by Gasteiger charge is -2.35. The molecule has 23 heavy (non-hydrogen) atoms. The molecule has 0 bridgehead atoms. The van der Waals surface area contributed by atoms with E-state index < -0.39 is 0 Å². The smallest absolute Gasteiger partial charge is 0.247 e. The summed E-state index contributed by atoms with van der Waals surface area (Å²) >= 11 is 3.43. The first-order valence-corrected chi connectivity index (χ1v) is 8.37. The lowest BCUT2D eigenvalue weighted by molar-refractivity contribution is -0.134. The summed E-state index contributed by atoms with van der Waals surface area (Å²) in [6, 6.07) is 1.49. The molecule has 1 unspecified atom stereocenters. The van der Waals surface area contributed by atoms with Gasteiger partial charge in [-0.1, -0.05) is 0 Å². The summed E-state index contributed by atoms with van der Waals surface area (Å²) in [7, 11) is 0. The van der Waals surface area contributed by atoms with Crippen molar-refractivity contribution in [2.45, 2.75) is 19.9 Å². The van der Waals surface area contributed by atoms with Crippen molar-refractivity contribution in [2.75, 3.05) is 31.1 Å². The SMILES string of the molecule is Cc1nn(C(C)C(=O)N2CCN(c3ncccn3)CC2)cc1Br. The van der Waals surface area contributed by atoms with E-state index >= 15 is 0 Å². The number of piperazine rings is 1. The molecule has 3 heterocycles. The fourth-order valence-electron chi connectivity index (χ4n) is 2.62. The van der Waals surface area contributed by atoms with Gasteiger partial charge in [0.25, 0.3) is 0 Å². The number of hydrogen-bond acceptors (Lipinski definition) is 5. The minimum atomic E-state index is -0.306. The standard InChI is InChI=1S/C15H19BrN6O/c1-11-13(16)10-22(19-11)12(2)14(23)20-6-8-21(9-7-20)15-17-4-3-5-18-15/h3-5,10,12H,6-9H2,1-2H3. The summed E-state index contributed by atoms with van der Waals surface area (Å²) in [5.74, 6) is 0.813. The van der Waals surface area contributed by atoms with Crippen molar-refractivity contribution in [3.05, 3.63) is 34.8 Å². The molecule has 2 aromatic heterocycles. The second-order valence-corrected chi connectivity index (χ2v) is 6.43. The van der Waals surface area contributed by atoms with Crippen molar-refractivity contribution in [2.24, 2.45) is 0 Å². The van der Waals surface area contributed by atoms with Gasteiger partial charge in [-0.25, -0.2) is 9.97 Å². The third kappa shape index (κ3) is 3.36. The number of aryl methyl sites for hydroxylation is 1. The Kier molecular flexibility index (Phi) is 4.61. The number of halogens is 1. The summed E-state index contributed by atoms with van der Waals surface area (Å²) < 4.78 is 2.64. The Balaban J connectivity index is 1.62. The first-order chi connectivity index (χ1) is 11.1. The van der Waals surface area contributed by atoms with E-state index in [2.05, 4.69) is 35.9 Å². The zero-order valence-electron chi connectivity index (χ0n) is 13.2. The van der Waals surface area contributed by atoms with Gasteiger partial charge >= 0.3 is 0 Å². The predicted molar refractivity (Wildman–Crippen MR) is 90.2 cm³/mol. The first-order valence-electron chi connectivity index (χ1n) is 7.58. The van der Waals surface area contributed by atoms with Gasteiger partial charge in [-0.2, -0.15) is 5.10 Å². The number of carbonyl (C=O) groups excluding carboxylic acids is 1. The molecule has 8 heteroatoms. The third-order valence-corrected chi connectivity index (χ3v) is 4.82. The van der Waals surface area contributed by atoms with E-state index in [-0.39, 0.29) is 11.9 Å². The Morgan fingerprint density at radius 3 is 2.43 bits per heavy atom. The number of anilines is 1. The quantitative estimate of drug-likeness (QED) is 0.812. The van der Waals surface area contributed by atoms with Gasteiger partial charge in [-0.05, 0) is 35.8 Å². The monoisotopic (exact) mass is 378 g/mol. The van der Waals surface area contributed by atoms with E-state index in [4.69, 9.17) is 0 Å². The molecular weight excluding hydrogens is 360 g/mol. The van der Waals surface area contributed by atoms with Crippen LogP contribution in [0.2, 0.25) is 0 Å². The molecule has 0 radical (unpaired) electrons. The molecule has 1 aliphatic heterocycles. The molecule has 0 aliphatic carbocycles. The van der Waals surface area contributed by atoms with Crippen molar-refractivity contribution in [1.29, 1.82) is 0 Å². The van der Waals surface area contributed by atoms with Gasteiger partial charge in [-0.3, -0.25) is 9.48 Å². The fraction of sp³-hybridized carbons (Fsp3) is 0.467. The largest absolute Gasteiger partial charge is 0.337 e. The Labute approximate surface area is 143 Å². The van der Waals surface area contributed by atoms with Crippen LogP contribution in [0.1, 0.15) is 18.7 Å². The van der Waals surface area contributed by atoms with E-state index in [1.165, 1.54) is 0 Å². The number of carbonyl (C=O) groups is 1. The van der Waals surface area contributed by atoms with Gasteiger partial charge in [0, 0.05) is 44.8 Å². The average Bonchev–Trinajstić information content (AvgIpc) is 2.93. The maximum atomic E-state index is 12.7. The molecule has 0 saturated carbocycles. The molecule has 1 amide bonds. The molecule has 0 aromatic carbocycles. The lowest BCUT2D eigenvalue weighted by Crippen LogP contribution is -2.50. The fourth-order valence-corrected chi connectivity index (χ4v) is 2.91. The molecule has 1 saturated heterocycles. The van der Waals surface area contributed by atoms with Crippen LogP contribution < -0.4 is 4.90 Å². The Morgan fingerprint density at radius 1 is 1.22 bits per heavy atom. The number of nitrogens with zero attached hydrogens (tertiary/aromatic N) is 6. The van der Waals surface area contributed by atoms with Crippen LogP contribution in [0.5, 0.6) is 0 Å². The van der Waals surface area contributed by atoms with Gasteiger partial charge < -0.3 is 9.80 Å². The normalized spacial score (nSPS) is 16.5. The summed E-state index contributed by atoms with van der Waals surface area (Å²) in [5, 5.41) is 4.38. The average molecular weight is 379 g/mol. The minimum absolute atomic E-state index is 0.0913. The molecule has 7 nitrogen and oxygen atoms in total. The third-order valence-electron chi connectivity index (χ3n) is 4.04. The molecule has 3 rings (SSSR count). The summed E-state index contributed by atoms with van der Waals surface area (Å²) in [6.07, 6.45) is 5.33. The first kappa shape index (κ1) is 15.9. The van der Waals surface area contributed by atoms with Crippen LogP contribution in [0.4, 0.5) is 5.95 Å². The van der Waals surface area contributed by atoms with E-state index in [9.17, 15) is 4.79 Å². The van der Waals surface area contributed by atoms with Crippen molar-refractivity contribution >= 4 is 27.8 Å². The lowest BCUT2D eigenvalue weighted by atomic mass is 10.2. The van der Waals surface area contributed by atoms with E-state index in [0.29, 0.717) is 13.1 Å². The molecule has 0 spiro atoms. The second kappa shape index (κ2) is 6.66. The van der Waals surface area contributed by atoms with Crippen molar-refractivity contribution < 1.29 is 4.79 Å². The zero-order chi connectivity index (χ0) is 16.4. The molecule has 0 N–H and O–H groups in total. The van der Waals surface area contributed by atoms with Crippen LogP contribution in [-0.2, 0) is 4.79 Å². The highest BCUT2D eigenvalue weighted by atomic mass is 79.9. The maximum absolute atomic E-state index is 12.7. The topological polar surface area (TPSA) is 67.2 Å². The van der Waals surface area contributed by atoms with Crippen molar-refractivity contribution in [1.82, 2.24) is 24.6 Å². The van der Waals surface area contributed by atoms with Crippen LogP contribution in [0, 0.1) is 6.92 Å². The predicted octanol–water partition coefficient (Wildman–Crippen LogP) is 1.65. The summed E-state index contributed by atoms with van der Waals surface area (Å²) in [5.41, 5.74) is 0.885. The zero-order valence-corrected chi connectivity index (χ0v) is 14.8. The summed E-state index contributed by atoms with van der Waals surface area (Å²) in [4.78, 5) is 25.2. The molecule has 1 atom stereocenters. The second-order valence-electron chi connectivity index (χ2n) is 5.58. The van der Waals surface area contributed by atoms with Gasteiger partial charge in [0.15, 0.2) is 0 Å². The van der Waals surface area contributed by atoms with Crippen molar-refractivity contribution in [3.63, 3.8) is 0 Å². The molecular formula is C15H19BrN6O. The maximum Gasteiger partial charge on any atom is 0.247 e. The van der Waals surface area contributed by atoms with E-state index in [1.807, 2.05) is 24.9 Å². The number of aromatic nitrogens is 4. The van der Waals surface area contributed by atoms with Crippen LogP contribution in [0.3, 0.4) is 0 Å². The van der Waals surface area contributed by atoms with Gasteiger partial charge in [0.05, 0.1) is 10.2 Å². The Hall–Kier alpha value is -1.96. The summed E-state index contributed by atoms with van der Waals surface area (Å²) in [6.45, 7) is 6.62. The highest BCUT2D eigenvalue weighted by molar-refractivity contribution is 9.10. The molecule has 1 aliphatic rings. The Morgan fingerprint density at radius 2 is 1.87 bits per heavy atom. The molecule has 2 aromatic rings. The van der Waals surface area contributed by atoms with Crippen molar-refractivity contribution in [3.8, 4) is 0 Å². The van der Waals surface area contributed by atoms with E-state index in [0.717, 1.165) is 29.2 Å². The number of rotatable bonds is 3. The molecule has 122 valence electrons. The number of amides is 1. The van der Waals surface area contributed by atoms with Gasteiger partial charge in [-0.15, -0.1) is 0 Å². The van der Waals surface area contributed by atoms with Crippen LogP contribution in [0.25, 0.3) is 0 Å². The highest BCUT2D eigenvalue weighted by Crippen LogP contribution is 2.19. The van der Waals surface area contributed by atoms with Crippen LogP contribution >= 0.6 is 15.9 Å². The highest BCUT2D eigenvalue weighted by Gasteiger charge is 2.27. The molecule has 1 fully saturated rings. The van der Waals surface area contributed by atoms with Gasteiger partial charge in [0.2, 0.25) is 11.9 Å². The van der Waals surface area contributed by atoms with E-state index in [1.54, 1.807) is 23.1 Å². The van der Waals surface area contributed by atoms with Gasteiger partial charge in [0.1, 0.15) is 6.04 Å². The number of hydrogen-bond donors (Lipinski definition) is 0.